The predicted octanol–water partition coefficient (Wildman–Crippen LogP) is 5.22. The Morgan fingerprint density at radius 1 is 1.15 bits per heavy atom. The van der Waals surface area contributed by atoms with E-state index in [9.17, 15) is 8.78 Å². The fourth-order valence-electron chi connectivity index (χ4n) is 3.42. The number of benzene rings is 1. The topological polar surface area (TPSA) is 31.1 Å². The first-order valence-corrected chi connectivity index (χ1v) is 8.99. The van der Waals surface area contributed by atoms with Gasteiger partial charge in [-0.15, -0.1) is 0 Å². The fraction of sp³-hybridized carbons (Fsp3) is 0.333. The summed E-state index contributed by atoms with van der Waals surface area (Å²) in [7, 11) is 2.16. The van der Waals surface area contributed by atoms with Gasteiger partial charge in [-0.25, -0.2) is 8.78 Å². The predicted molar refractivity (Wildman–Crippen MR) is 104 cm³/mol. The van der Waals surface area contributed by atoms with E-state index in [1.165, 1.54) is 11.6 Å². The minimum Gasteiger partial charge on any atom is -0.362 e. The van der Waals surface area contributed by atoms with Crippen molar-refractivity contribution in [2.75, 3.05) is 25.5 Å². The highest BCUT2D eigenvalue weighted by molar-refractivity contribution is 5.68. The van der Waals surface area contributed by atoms with Gasteiger partial charge in [-0.2, -0.15) is 0 Å². The Balaban J connectivity index is 1.80. The molecule has 0 bridgehead atoms. The van der Waals surface area contributed by atoms with Gasteiger partial charge in [0.1, 0.15) is 0 Å². The number of rotatable bonds is 5. The Morgan fingerprint density at radius 3 is 2.62 bits per heavy atom. The minimum absolute atomic E-state index is 0.518. The number of aromatic nitrogens is 1. The third kappa shape index (κ3) is 4.22. The molecule has 0 amide bonds. The molecule has 1 saturated heterocycles. The van der Waals surface area contributed by atoms with Gasteiger partial charge in [0.2, 0.25) is 0 Å². The van der Waals surface area contributed by atoms with E-state index < -0.39 is 11.6 Å². The van der Waals surface area contributed by atoms with Crippen molar-refractivity contribution in [3.8, 4) is 0 Å². The maximum atomic E-state index is 13.3. The molecule has 2 heterocycles. The second-order valence-corrected chi connectivity index (χ2v) is 6.76. The molecule has 0 radical (unpaired) electrons. The Labute approximate surface area is 153 Å². The van der Waals surface area contributed by atoms with Gasteiger partial charge in [-0.1, -0.05) is 6.08 Å². The van der Waals surface area contributed by atoms with E-state index in [1.54, 1.807) is 6.20 Å². The largest absolute Gasteiger partial charge is 0.362 e. The van der Waals surface area contributed by atoms with Crippen LogP contribution in [0.4, 0.5) is 14.5 Å². The van der Waals surface area contributed by atoms with Crippen molar-refractivity contribution in [2.45, 2.75) is 25.7 Å². The van der Waals surface area contributed by atoms with Gasteiger partial charge in [0.15, 0.2) is 11.6 Å². The molecule has 1 aliphatic heterocycles. The summed E-state index contributed by atoms with van der Waals surface area (Å²) in [5.74, 6) is -1.17. The van der Waals surface area contributed by atoms with Crippen molar-refractivity contribution in [1.29, 1.82) is 0 Å². The van der Waals surface area contributed by atoms with Gasteiger partial charge in [-0.05, 0) is 75.7 Å². The first-order chi connectivity index (χ1) is 12.6. The maximum absolute atomic E-state index is 13.3. The number of hydrogen-bond acceptors (Lipinski definition) is 2. The molecule has 1 aromatic heterocycles. The molecule has 0 atom stereocenters. The van der Waals surface area contributed by atoms with Crippen LogP contribution in [0.5, 0.6) is 0 Å². The molecule has 1 aromatic carbocycles. The zero-order valence-corrected chi connectivity index (χ0v) is 15.2. The Bertz CT molecular complexity index is 800. The SMILES string of the molecule is C/C=C\c1[nH]cc(C2CCN(C)CC2)c1/C=C/Nc1ccc(F)c(F)c1. The number of likely N-dealkylation sites (tertiary alicyclic amines) is 1. The van der Waals surface area contributed by atoms with E-state index >= 15 is 0 Å². The van der Waals surface area contributed by atoms with Crippen molar-refractivity contribution in [3.05, 3.63) is 65.1 Å². The van der Waals surface area contributed by atoms with Crippen LogP contribution in [0, 0.1) is 11.6 Å². The molecule has 138 valence electrons. The molecule has 3 nitrogen and oxygen atoms in total. The third-order valence-electron chi connectivity index (χ3n) is 4.90. The number of halogens is 2. The van der Waals surface area contributed by atoms with Crippen LogP contribution in [0.2, 0.25) is 0 Å². The summed E-state index contributed by atoms with van der Waals surface area (Å²) >= 11 is 0. The molecule has 0 spiro atoms. The lowest BCUT2D eigenvalue weighted by Crippen LogP contribution is -2.29. The van der Waals surface area contributed by atoms with Gasteiger partial charge in [0.25, 0.3) is 0 Å². The van der Waals surface area contributed by atoms with Crippen molar-refractivity contribution in [1.82, 2.24) is 9.88 Å². The molecule has 1 fully saturated rings. The molecular formula is C21H25F2N3. The summed E-state index contributed by atoms with van der Waals surface area (Å²) in [6.45, 7) is 4.19. The number of nitrogens with one attached hydrogen (secondary N) is 2. The van der Waals surface area contributed by atoms with E-state index in [1.807, 2.05) is 19.1 Å². The van der Waals surface area contributed by atoms with Crippen molar-refractivity contribution < 1.29 is 8.78 Å². The van der Waals surface area contributed by atoms with E-state index in [0.717, 1.165) is 49.3 Å². The summed E-state index contributed by atoms with van der Waals surface area (Å²) in [6, 6.07) is 3.79. The average Bonchev–Trinajstić information content (AvgIpc) is 3.02. The van der Waals surface area contributed by atoms with Gasteiger partial charge < -0.3 is 15.2 Å². The van der Waals surface area contributed by atoms with Crippen molar-refractivity contribution in [2.24, 2.45) is 0 Å². The third-order valence-corrected chi connectivity index (χ3v) is 4.90. The Hall–Kier alpha value is -2.40. The highest BCUT2D eigenvalue weighted by Gasteiger charge is 2.22. The van der Waals surface area contributed by atoms with Crippen LogP contribution >= 0.6 is 0 Å². The lowest BCUT2D eigenvalue weighted by Gasteiger charge is -2.29. The lowest BCUT2D eigenvalue weighted by atomic mass is 9.88. The molecular weight excluding hydrogens is 332 g/mol. The Morgan fingerprint density at radius 2 is 1.92 bits per heavy atom. The van der Waals surface area contributed by atoms with E-state index in [2.05, 4.69) is 34.5 Å². The molecule has 5 heteroatoms. The van der Waals surface area contributed by atoms with E-state index in [-0.39, 0.29) is 0 Å². The molecule has 3 rings (SSSR count). The van der Waals surface area contributed by atoms with Crippen LogP contribution in [0.15, 0.2) is 36.7 Å². The summed E-state index contributed by atoms with van der Waals surface area (Å²) < 4.78 is 26.4. The number of hydrogen-bond donors (Lipinski definition) is 2. The molecule has 1 aliphatic rings. The number of piperidine rings is 1. The first kappa shape index (κ1) is 18.4. The number of aromatic amines is 1. The number of nitrogens with zero attached hydrogens (tertiary/aromatic N) is 1. The highest BCUT2D eigenvalue weighted by atomic mass is 19.2. The lowest BCUT2D eigenvalue weighted by molar-refractivity contribution is 0.255. The fourth-order valence-corrected chi connectivity index (χ4v) is 3.42. The van der Waals surface area contributed by atoms with Gasteiger partial charge in [-0.3, -0.25) is 0 Å². The zero-order chi connectivity index (χ0) is 18.5. The molecule has 2 N–H and O–H groups in total. The van der Waals surface area contributed by atoms with Crippen molar-refractivity contribution >= 4 is 17.8 Å². The van der Waals surface area contributed by atoms with E-state index in [4.69, 9.17) is 0 Å². The molecule has 2 aromatic rings. The van der Waals surface area contributed by atoms with Gasteiger partial charge >= 0.3 is 0 Å². The van der Waals surface area contributed by atoms with E-state index in [0.29, 0.717) is 11.6 Å². The second-order valence-electron chi connectivity index (χ2n) is 6.76. The van der Waals surface area contributed by atoms with Gasteiger partial charge in [0, 0.05) is 35.4 Å². The van der Waals surface area contributed by atoms with Gasteiger partial charge in [0.05, 0.1) is 0 Å². The van der Waals surface area contributed by atoms with Crippen LogP contribution in [-0.4, -0.2) is 30.0 Å². The molecule has 0 aliphatic carbocycles. The van der Waals surface area contributed by atoms with Crippen LogP contribution in [0.3, 0.4) is 0 Å². The second kappa shape index (κ2) is 8.32. The standard InChI is InChI=1S/C21H25F2N3/c1-3-4-21-17(7-10-24-16-5-6-19(22)20(23)13-16)18(14-25-21)15-8-11-26(2)12-9-15/h3-7,10,13-15,24-25H,8-9,11-12H2,1-2H3/b4-3-,10-7+. The smallest absolute Gasteiger partial charge is 0.160 e. The average molecular weight is 357 g/mol. The van der Waals surface area contributed by atoms with Crippen LogP contribution < -0.4 is 5.32 Å². The molecule has 0 unspecified atom stereocenters. The number of allylic oxidation sites excluding steroid dienone is 1. The van der Waals surface area contributed by atoms with Crippen molar-refractivity contribution in [3.63, 3.8) is 0 Å². The summed E-state index contributed by atoms with van der Waals surface area (Å²) in [4.78, 5) is 5.72. The summed E-state index contributed by atoms with van der Waals surface area (Å²) in [6.07, 6.45) is 12.2. The highest BCUT2D eigenvalue weighted by Crippen LogP contribution is 2.32. The number of H-pyrrole nitrogens is 1. The minimum atomic E-state index is -0.855. The first-order valence-electron chi connectivity index (χ1n) is 8.99. The summed E-state index contributed by atoms with van der Waals surface area (Å²) in [5.41, 5.74) is 4.04. The van der Waals surface area contributed by atoms with Crippen LogP contribution in [0.1, 0.15) is 42.5 Å². The molecule has 0 saturated carbocycles. The van der Waals surface area contributed by atoms with Crippen LogP contribution in [-0.2, 0) is 0 Å². The van der Waals surface area contributed by atoms with Crippen LogP contribution in [0.25, 0.3) is 12.2 Å². The molecule has 26 heavy (non-hydrogen) atoms. The Kier molecular flexibility index (Phi) is 5.89. The normalized spacial score (nSPS) is 16.8. The monoisotopic (exact) mass is 357 g/mol. The maximum Gasteiger partial charge on any atom is 0.160 e. The number of anilines is 1. The zero-order valence-electron chi connectivity index (χ0n) is 15.2. The quantitative estimate of drug-likeness (QED) is 0.769. The summed E-state index contributed by atoms with van der Waals surface area (Å²) in [5, 5.41) is 3.02.